The van der Waals surface area contributed by atoms with Crippen LogP contribution >= 0.6 is 0 Å². The Hall–Kier alpha value is -7.15. The third kappa shape index (κ3) is 4.81. The molecule has 7 aromatic carbocycles. The number of hydrogen-bond donors (Lipinski definition) is 0. The van der Waals surface area contributed by atoms with Crippen molar-refractivity contribution in [3.8, 4) is 50.8 Å². The number of benzene rings is 7. The maximum Gasteiger partial charge on any atom is 0.0991 e. The fourth-order valence-electron chi connectivity index (χ4n) is 8.35. The molecule has 0 aliphatic heterocycles. The zero-order chi connectivity index (χ0) is 35.4. The van der Waals surface area contributed by atoms with Crippen LogP contribution in [0.4, 0.5) is 0 Å². The Labute approximate surface area is 308 Å². The van der Waals surface area contributed by atoms with Crippen molar-refractivity contribution in [2.24, 2.45) is 0 Å². The van der Waals surface area contributed by atoms with Crippen LogP contribution in [0.15, 0.2) is 188 Å². The molecule has 0 saturated heterocycles. The molecular weight excluding hydrogens is 643 g/mol. The van der Waals surface area contributed by atoms with E-state index in [9.17, 15) is 5.26 Å². The lowest BCUT2D eigenvalue weighted by atomic mass is 9.67. The molecule has 0 amide bonds. The molecule has 246 valence electrons. The fourth-order valence-corrected chi connectivity index (χ4v) is 8.35. The van der Waals surface area contributed by atoms with Gasteiger partial charge in [-0.2, -0.15) is 5.26 Å². The molecule has 0 radical (unpaired) electrons. The molecule has 3 nitrogen and oxygen atoms in total. The van der Waals surface area contributed by atoms with Gasteiger partial charge < -0.3 is 0 Å². The smallest absolute Gasteiger partial charge is 0.0991 e. The van der Waals surface area contributed by atoms with E-state index in [1.807, 2.05) is 30.3 Å². The minimum absolute atomic E-state index is 0.553. The number of aromatic nitrogens is 2. The van der Waals surface area contributed by atoms with Crippen molar-refractivity contribution >= 4 is 21.8 Å². The molecule has 53 heavy (non-hydrogen) atoms. The fraction of sp³-hybridized carbons (Fsp3) is 0.0200. The number of nitriles is 1. The monoisotopic (exact) mass is 673 g/mol. The van der Waals surface area contributed by atoms with E-state index in [0.29, 0.717) is 5.56 Å². The topological polar surface area (TPSA) is 49.6 Å². The number of nitrogens with zero attached hydrogens (tertiary/aromatic N) is 3. The van der Waals surface area contributed by atoms with E-state index >= 15 is 0 Å². The number of rotatable bonds is 5. The second-order valence-corrected chi connectivity index (χ2v) is 13.6. The third-order valence-corrected chi connectivity index (χ3v) is 10.8. The first-order valence-corrected chi connectivity index (χ1v) is 17.9. The van der Waals surface area contributed by atoms with Crippen molar-refractivity contribution in [2.75, 3.05) is 0 Å². The van der Waals surface area contributed by atoms with Crippen LogP contribution in [0.5, 0.6) is 0 Å². The Morgan fingerprint density at radius 3 is 1.58 bits per heavy atom. The molecule has 0 saturated carbocycles. The van der Waals surface area contributed by atoms with Gasteiger partial charge in [-0.15, -0.1) is 0 Å². The molecule has 10 rings (SSSR count). The van der Waals surface area contributed by atoms with Gasteiger partial charge in [-0.25, -0.2) is 9.97 Å². The highest BCUT2D eigenvalue weighted by Crippen LogP contribution is 2.58. The quantitative estimate of drug-likeness (QED) is 0.171. The molecule has 0 unspecified atom stereocenters. The normalized spacial score (nSPS) is 12.7. The molecule has 2 heterocycles. The van der Waals surface area contributed by atoms with E-state index in [0.717, 1.165) is 55.4 Å². The summed E-state index contributed by atoms with van der Waals surface area (Å²) in [7, 11) is 0. The molecule has 0 atom stereocenters. The SMILES string of the molecule is N#Cc1ccc(-c2cc3c(cc2-c2ccc4ccc5ccc(-c6ccccc6)nc5c4n2)C(c2ccccc2)(c2ccccc2)c2ccccc2-3)cc1. The average molecular weight is 674 g/mol. The zero-order valence-electron chi connectivity index (χ0n) is 28.7. The summed E-state index contributed by atoms with van der Waals surface area (Å²) in [4.78, 5) is 10.7. The Balaban J connectivity index is 1.29. The molecule has 0 N–H and O–H groups in total. The van der Waals surface area contributed by atoms with Crippen LogP contribution in [0.2, 0.25) is 0 Å². The van der Waals surface area contributed by atoms with Crippen LogP contribution in [-0.4, -0.2) is 9.97 Å². The predicted octanol–water partition coefficient (Wildman–Crippen LogP) is 12.0. The highest BCUT2D eigenvalue weighted by Gasteiger charge is 2.46. The summed E-state index contributed by atoms with van der Waals surface area (Å²) in [5.41, 5.74) is 15.1. The molecule has 3 heteroatoms. The highest BCUT2D eigenvalue weighted by molar-refractivity contribution is 6.05. The van der Waals surface area contributed by atoms with Gasteiger partial charge in [0.15, 0.2) is 0 Å². The maximum atomic E-state index is 9.66. The minimum atomic E-state index is -0.553. The van der Waals surface area contributed by atoms with Gasteiger partial charge in [-0.05, 0) is 80.9 Å². The van der Waals surface area contributed by atoms with Crippen LogP contribution < -0.4 is 0 Å². The molecule has 1 aliphatic carbocycles. The lowest BCUT2D eigenvalue weighted by Gasteiger charge is -2.34. The summed E-state index contributed by atoms with van der Waals surface area (Å²) < 4.78 is 0. The van der Waals surface area contributed by atoms with E-state index in [2.05, 4.69) is 164 Å². The number of fused-ring (bicyclic) bond motifs is 6. The number of pyridine rings is 2. The Kier molecular flexibility index (Phi) is 7.09. The van der Waals surface area contributed by atoms with E-state index in [4.69, 9.17) is 9.97 Å². The van der Waals surface area contributed by atoms with Crippen LogP contribution in [-0.2, 0) is 5.41 Å². The summed E-state index contributed by atoms with van der Waals surface area (Å²) >= 11 is 0. The standard InChI is InChI=1S/C50H31N3/c51-32-33-20-22-34(23-21-33)41-30-42-40-18-10-11-19-44(40)50(38-14-6-2-7-15-38,39-16-8-3-9-17-39)45(42)31-43(41)47-29-27-37-25-24-36-26-28-46(35-12-4-1-5-13-35)52-48(36)49(37)53-47/h1-31H. The highest BCUT2D eigenvalue weighted by atomic mass is 14.8. The molecule has 0 spiro atoms. The van der Waals surface area contributed by atoms with Crippen molar-refractivity contribution in [3.63, 3.8) is 0 Å². The molecule has 9 aromatic rings. The molecule has 1 aliphatic rings. The van der Waals surface area contributed by atoms with Crippen molar-refractivity contribution in [2.45, 2.75) is 5.41 Å². The average Bonchev–Trinajstić information content (AvgIpc) is 3.54. The van der Waals surface area contributed by atoms with Gasteiger partial charge >= 0.3 is 0 Å². The summed E-state index contributed by atoms with van der Waals surface area (Å²) in [5, 5.41) is 11.7. The largest absolute Gasteiger partial charge is 0.245 e. The van der Waals surface area contributed by atoms with Crippen molar-refractivity contribution in [3.05, 3.63) is 216 Å². The van der Waals surface area contributed by atoms with Crippen molar-refractivity contribution in [1.82, 2.24) is 9.97 Å². The first-order chi connectivity index (χ1) is 26.2. The Morgan fingerprint density at radius 1 is 0.396 bits per heavy atom. The second kappa shape index (κ2) is 12.3. The molecule has 0 fully saturated rings. The van der Waals surface area contributed by atoms with Gasteiger partial charge in [0.25, 0.3) is 0 Å². The van der Waals surface area contributed by atoms with Crippen molar-refractivity contribution < 1.29 is 0 Å². The molecular formula is C50H31N3. The van der Waals surface area contributed by atoms with Crippen LogP contribution in [0, 0.1) is 11.3 Å². The van der Waals surface area contributed by atoms with Crippen LogP contribution in [0.1, 0.15) is 27.8 Å². The summed E-state index contributed by atoms with van der Waals surface area (Å²) in [6.07, 6.45) is 0. The van der Waals surface area contributed by atoms with Gasteiger partial charge in [0.2, 0.25) is 0 Å². The minimum Gasteiger partial charge on any atom is -0.245 e. The van der Waals surface area contributed by atoms with Gasteiger partial charge in [0, 0.05) is 21.9 Å². The van der Waals surface area contributed by atoms with Crippen LogP contribution in [0.3, 0.4) is 0 Å². The van der Waals surface area contributed by atoms with E-state index in [1.165, 1.54) is 33.4 Å². The molecule has 2 aromatic heterocycles. The van der Waals surface area contributed by atoms with Crippen molar-refractivity contribution in [1.29, 1.82) is 5.26 Å². The Bertz CT molecular complexity index is 2830. The zero-order valence-corrected chi connectivity index (χ0v) is 28.7. The lowest BCUT2D eigenvalue weighted by Crippen LogP contribution is -2.28. The van der Waals surface area contributed by atoms with Gasteiger partial charge in [-0.1, -0.05) is 152 Å². The Morgan fingerprint density at radius 2 is 0.943 bits per heavy atom. The first-order valence-electron chi connectivity index (χ1n) is 17.9. The van der Waals surface area contributed by atoms with Gasteiger partial charge in [0.1, 0.15) is 0 Å². The molecule has 0 bridgehead atoms. The lowest BCUT2D eigenvalue weighted by molar-refractivity contribution is 0.769. The number of hydrogen-bond acceptors (Lipinski definition) is 3. The third-order valence-electron chi connectivity index (χ3n) is 10.8. The van der Waals surface area contributed by atoms with Crippen LogP contribution in [0.25, 0.3) is 66.6 Å². The summed E-state index contributed by atoms with van der Waals surface area (Å²) in [5.74, 6) is 0. The van der Waals surface area contributed by atoms with Gasteiger partial charge in [0.05, 0.1) is 39.5 Å². The summed E-state index contributed by atoms with van der Waals surface area (Å²) in [6.45, 7) is 0. The van der Waals surface area contributed by atoms with E-state index in [1.54, 1.807) is 0 Å². The second-order valence-electron chi connectivity index (χ2n) is 13.6. The van der Waals surface area contributed by atoms with E-state index in [-0.39, 0.29) is 0 Å². The summed E-state index contributed by atoms with van der Waals surface area (Å²) in [6, 6.07) is 68.6. The van der Waals surface area contributed by atoms with E-state index < -0.39 is 5.41 Å². The maximum absolute atomic E-state index is 9.66. The van der Waals surface area contributed by atoms with Gasteiger partial charge in [-0.3, -0.25) is 0 Å². The predicted molar refractivity (Wildman–Crippen MR) is 215 cm³/mol. The first kappa shape index (κ1) is 30.7.